The first-order valence-electron chi connectivity index (χ1n) is 21.3. The Bertz CT molecular complexity index is 3400. The van der Waals surface area contributed by atoms with Crippen LogP contribution in [0.15, 0.2) is 212 Å². The van der Waals surface area contributed by atoms with Crippen LogP contribution >= 0.6 is 0 Å². The molecule has 3 heterocycles. The van der Waals surface area contributed by atoms with Gasteiger partial charge in [0, 0.05) is 50.4 Å². The molecule has 0 N–H and O–H groups in total. The van der Waals surface area contributed by atoms with Crippen LogP contribution in [-0.2, 0) is 5.41 Å². The van der Waals surface area contributed by atoms with Crippen LogP contribution in [0.25, 0.3) is 100 Å². The van der Waals surface area contributed by atoms with Crippen molar-refractivity contribution >= 4 is 21.8 Å². The first kappa shape index (κ1) is 37.7. The van der Waals surface area contributed by atoms with Crippen LogP contribution in [0.1, 0.15) is 18.9 Å². The van der Waals surface area contributed by atoms with E-state index in [1.165, 1.54) is 11.1 Å². The summed E-state index contributed by atoms with van der Waals surface area (Å²) in [4.78, 5) is 20.9. The van der Waals surface area contributed by atoms with Gasteiger partial charge < -0.3 is 0 Å². The van der Waals surface area contributed by atoms with Gasteiger partial charge in [0.25, 0.3) is 0 Å². The molecule has 0 fully saturated rings. The molecule has 0 spiro atoms. The van der Waals surface area contributed by atoms with Crippen molar-refractivity contribution in [2.45, 2.75) is 18.8 Å². The highest BCUT2D eigenvalue weighted by molar-refractivity contribution is 6.06. The Morgan fingerprint density at radius 2 is 0.905 bits per heavy atom. The Morgan fingerprint density at radius 1 is 0.397 bits per heavy atom. The van der Waals surface area contributed by atoms with E-state index in [0.29, 0.717) is 5.82 Å². The van der Waals surface area contributed by atoms with Crippen LogP contribution in [0.5, 0.6) is 0 Å². The van der Waals surface area contributed by atoms with E-state index in [1.807, 2.05) is 36.4 Å². The molecule has 63 heavy (non-hydrogen) atoms. The Balaban J connectivity index is 0.975. The second-order valence-corrected chi connectivity index (χ2v) is 16.3. The van der Waals surface area contributed by atoms with Crippen molar-refractivity contribution in [3.05, 3.63) is 218 Å². The molecule has 0 amide bonds. The molecule has 11 rings (SSSR count). The van der Waals surface area contributed by atoms with Crippen LogP contribution in [0.4, 0.5) is 0 Å². The molecule has 1 aliphatic carbocycles. The molecule has 0 radical (unpaired) electrons. The quantitative estimate of drug-likeness (QED) is 0.113. The fourth-order valence-corrected chi connectivity index (χ4v) is 8.64. The number of nitrogens with zero attached hydrogens (tertiary/aromatic N) is 4. The number of hydrogen-bond donors (Lipinski definition) is 0. The Morgan fingerprint density at radius 3 is 1.57 bits per heavy atom. The summed E-state index contributed by atoms with van der Waals surface area (Å²) in [5.41, 5.74) is 16.0. The van der Waals surface area contributed by atoms with Crippen LogP contribution < -0.4 is 0 Å². The molecule has 0 saturated heterocycles. The topological polar surface area (TPSA) is 51.6 Å². The van der Waals surface area contributed by atoms with E-state index >= 15 is 0 Å². The summed E-state index contributed by atoms with van der Waals surface area (Å²) in [6.07, 6.45) is 4.95. The molecule has 10 aromatic rings. The summed E-state index contributed by atoms with van der Waals surface area (Å²) in [5.74, 6) is 7.21. The van der Waals surface area contributed by atoms with E-state index in [0.717, 1.165) is 95.5 Å². The highest BCUT2D eigenvalue weighted by Gasteiger charge is 2.28. The molecule has 0 aliphatic heterocycles. The van der Waals surface area contributed by atoms with Gasteiger partial charge in [-0.2, -0.15) is 0 Å². The van der Waals surface area contributed by atoms with Crippen LogP contribution in [-0.4, -0.2) is 19.9 Å². The van der Waals surface area contributed by atoms with Crippen molar-refractivity contribution in [2.75, 3.05) is 0 Å². The zero-order valence-electron chi connectivity index (χ0n) is 34.7. The van der Waals surface area contributed by atoms with Crippen LogP contribution in [0.2, 0.25) is 0 Å². The molecule has 1 aliphatic rings. The Hall–Kier alpha value is -8.26. The summed E-state index contributed by atoms with van der Waals surface area (Å²) in [6, 6.07) is 70.0. The summed E-state index contributed by atoms with van der Waals surface area (Å²) in [7, 11) is 0. The highest BCUT2D eigenvalue weighted by atomic mass is 14.9. The first-order valence-corrected chi connectivity index (χ1v) is 21.3. The van der Waals surface area contributed by atoms with Gasteiger partial charge in [0.1, 0.15) is 0 Å². The third-order valence-electron chi connectivity index (χ3n) is 12.1. The average Bonchev–Trinajstić information content (AvgIpc) is 3.37. The maximum absolute atomic E-state index is 5.43. The monoisotopic (exact) mass is 804 g/mol. The second-order valence-electron chi connectivity index (χ2n) is 16.3. The molecule has 4 heteroatoms. The van der Waals surface area contributed by atoms with Gasteiger partial charge in [0.15, 0.2) is 5.82 Å². The van der Waals surface area contributed by atoms with Gasteiger partial charge in [-0.1, -0.05) is 201 Å². The summed E-state index contributed by atoms with van der Waals surface area (Å²) in [5, 5.41) is 2.16. The smallest absolute Gasteiger partial charge is 0.160 e. The fourth-order valence-electron chi connectivity index (χ4n) is 8.64. The van der Waals surface area contributed by atoms with Gasteiger partial charge in [-0.3, -0.25) is 0 Å². The van der Waals surface area contributed by atoms with E-state index in [1.54, 1.807) is 0 Å². The van der Waals surface area contributed by atoms with Gasteiger partial charge in [-0.25, -0.2) is 19.9 Å². The number of aromatic nitrogens is 4. The van der Waals surface area contributed by atoms with Gasteiger partial charge in [-0.15, -0.1) is 0 Å². The minimum absolute atomic E-state index is 0.286. The molecule has 1 unspecified atom stereocenters. The molecular formula is C59H40N4. The first-order chi connectivity index (χ1) is 31.0. The zero-order chi connectivity index (χ0) is 42.2. The van der Waals surface area contributed by atoms with Crippen LogP contribution in [0.3, 0.4) is 0 Å². The highest BCUT2D eigenvalue weighted by Crippen LogP contribution is 2.40. The number of pyridine rings is 2. The normalized spacial score (nSPS) is 14.4. The standard InChI is InChI=1S/C59H40N4/c1-59(35-12-5-13-36-59)51-38-53(61-57-50(51)33-31-46-32-34-52(60-56(46)57)43-17-8-3-9-18-43)49-22-14-21-48(37-49)42-23-27-45(28-24-42)55-39-54(44-19-10-4-11-20-44)62-58(63-55)47-29-25-41(26-30-47)40-15-6-2-7-16-40/h2-4,6-12,14-35,37-39H,36H2,1H3. The largest absolute Gasteiger partial charge is 0.245 e. The predicted molar refractivity (Wildman–Crippen MR) is 260 cm³/mol. The number of rotatable bonds is 8. The van der Waals surface area contributed by atoms with E-state index in [-0.39, 0.29) is 5.41 Å². The number of benzene rings is 7. The maximum atomic E-state index is 5.43. The third-order valence-corrected chi connectivity index (χ3v) is 12.1. The zero-order valence-corrected chi connectivity index (χ0v) is 34.7. The van der Waals surface area contributed by atoms with Gasteiger partial charge in [-0.05, 0) is 58.2 Å². The summed E-state index contributed by atoms with van der Waals surface area (Å²) in [6.45, 7) is 2.27. The van der Waals surface area contributed by atoms with Crippen molar-refractivity contribution in [2.24, 2.45) is 0 Å². The average molecular weight is 805 g/mol. The van der Waals surface area contributed by atoms with Crippen molar-refractivity contribution in [1.29, 1.82) is 0 Å². The third kappa shape index (κ3) is 7.37. The van der Waals surface area contributed by atoms with Crippen molar-refractivity contribution in [3.8, 4) is 90.5 Å². The Labute approximate surface area is 367 Å². The van der Waals surface area contributed by atoms with Crippen LogP contribution in [0, 0.1) is 11.8 Å². The summed E-state index contributed by atoms with van der Waals surface area (Å²) >= 11 is 0. The van der Waals surface area contributed by atoms with Crippen molar-refractivity contribution < 1.29 is 0 Å². The molecule has 4 nitrogen and oxygen atoms in total. The van der Waals surface area contributed by atoms with Gasteiger partial charge in [0.05, 0.1) is 33.8 Å². The molecule has 0 bridgehead atoms. The fraction of sp³-hybridized carbons (Fsp3) is 0.0508. The SMILES string of the molecule is CC1(c2cc(-c3cccc(-c4ccc(-c5cc(-c6ccccc6)nc(-c6ccc(-c7ccccc7)cc6)n5)cc4)c3)nc3c2ccc2ccc(-c4ccccc4)nc23)C=CC#CC1. The molecule has 0 saturated carbocycles. The lowest BCUT2D eigenvalue weighted by atomic mass is 9.76. The van der Waals surface area contributed by atoms with Gasteiger partial charge >= 0.3 is 0 Å². The number of fused-ring (bicyclic) bond motifs is 3. The lowest BCUT2D eigenvalue weighted by molar-refractivity contribution is 0.618. The molecule has 7 aromatic carbocycles. The van der Waals surface area contributed by atoms with E-state index in [2.05, 4.69) is 195 Å². The van der Waals surface area contributed by atoms with E-state index in [9.17, 15) is 0 Å². The van der Waals surface area contributed by atoms with Crippen molar-refractivity contribution in [1.82, 2.24) is 19.9 Å². The van der Waals surface area contributed by atoms with E-state index < -0.39 is 0 Å². The lowest BCUT2D eigenvalue weighted by Crippen LogP contribution is -2.20. The molecule has 296 valence electrons. The lowest BCUT2D eigenvalue weighted by Gasteiger charge is -2.28. The molecule has 3 aromatic heterocycles. The predicted octanol–water partition coefficient (Wildman–Crippen LogP) is 14.5. The minimum Gasteiger partial charge on any atom is -0.245 e. The Kier molecular flexibility index (Phi) is 9.56. The number of hydrogen-bond acceptors (Lipinski definition) is 4. The minimum atomic E-state index is -0.286. The molecule has 1 atom stereocenters. The maximum Gasteiger partial charge on any atom is 0.160 e. The van der Waals surface area contributed by atoms with E-state index in [4.69, 9.17) is 19.9 Å². The summed E-state index contributed by atoms with van der Waals surface area (Å²) < 4.78 is 0. The van der Waals surface area contributed by atoms with Gasteiger partial charge in [0.2, 0.25) is 0 Å². The molecular weight excluding hydrogens is 765 g/mol. The second kappa shape index (κ2) is 16.0. The number of allylic oxidation sites excluding steroid dienone is 2. The van der Waals surface area contributed by atoms with Crippen molar-refractivity contribution in [3.63, 3.8) is 0 Å².